The molecule has 1 aromatic carbocycles. The molecule has 1 saturated heterocycles. The molecule has 1 amide bonds. The van der Waals surface area contributed by atoms with Gasteiger partial charge in [-0.1, -0.05) is 12.1 Å². The maximum Gasteiger partial charge on any atom is 0.259 e. The molecule has 6 heteroatoms. The summed E-state index contributed by atoms with van der Waals surface area (Å²) in [6.45, 7) is 10.4. The van der Waals surface area contributed by atoms with Crippen LogP contribution in [-0.4, -0.2) is 51.1 Å². The van der Waals surface area contributed by atoms with Crippen molar-refractivity contribution < 1.29 is 4.79 Å². The predicted molar refractivity (Wildman–Crippen MR) is 106 cm³/mol. The summed E-state index contributed by atoms with van der Waals surface area (Å²) in [5, 5.41) is 4.36. The Bertz CT molecular complexity index is 1010. The van der Waals surface area contributed by atoms with E-state index in [0.29, 0.717) is 24.3 Å². The fourth-order valence-electron chi connectivity index (χ4n) is 3.92. The zero-order valence-electron chi connectivity index (χ0n) is 16.3. The average Bonchev–Trinajstić information content (AvgIpc) is 3.05. The SMILES string of the molecule is Cc1cccc(N2CCN(C(=O)c3cnn4c(C)cc(C)nc34)CC2C)c1. The van der Waals surface area contributed by atoms with Crippen molar-refractivity contribution in [3.05, 3.63) is 59.0 Å². The molecular weight excluding hydrogens is 338 g/mol. The molecule has 1 fully saturated rings. The molecule has 27 heavy (non-hydrogen) atoms. The van der Waals surface area contributed by atoms with Gasteiger partial charge < -0.3 is 9.80 Å². The van der Waals surface area contributed by atoms with Crippen molar-refractivity contribution in [3.8, 4) is 0 Å². The molecular formula is C21H25N5O. The highest BCUT2D eigenvalue weighted by Crippen LogP contribution is 2.23. The lowest BCUT2D eigenvalue weighted by Crippen LogP contribution is -2.53. The van der Waals surface area contributed by atoms with Gasteiger partial charge in [0.05, 0.1) is 6.20 Å². The van der Waals surface area contributed by atoms with Crippen molar-refractivity contribution in [3.63, 3.8) is 0 Å². The minimum Gasteiger partial charge on any atom is -0.365 e. The van der Waals surface area contributed by atoms with E-state index in [1.165, 1.54) is 11.3 Å². The first kappa shape index (κ1) is 17.5. The van der Waals surface area contributed by atoms with E-state index in [9.17, 15) is 4.79 Å². The molecule has 4 rings (SSSR count). The number of hydrogen-bond acceptors (Lipinski definition) is 4. The molecule has 1 unspecified atom stereocenters. The quantitative estimate of drug-likeness (QED) is 0.702. The van der Waals surface area contributed by atoms with Gasteiger partial charge >= 0.3 is 0 Å². The number of aromatic nitrogens is 3. The van der Waals surface area contributed by atoms with E-state index >= 15 is 0 Å². The third-order valence-electron chi connectivity index (χ3n) is 5.26. The van der Waals surface area contributed by atoms with Crippen LogP contribution < -0.4 is 4.90 Å². The van der Waals surface area contributed by atoms with Gasteiger partial charge in [-0.15, -0.1) is 0 Å². The highest BCUT2D eigenvalue weighted by molar-refractivity contribution is 5.99. The molecule has 1 aliphatic rings. The number of hydrogen-bond donors (Lipinski definition) is 0. The van der Waals surface area contributed by atoms with Crippen LogP contribution in [0.3, 0.4) is 0 Å². The van der Waals surface area contributed by atoms with Crippen LogP contribution in [0.4, 0.5) is 5.69 Å². The Hall–Kier alpha value is -2.89. The highest BCUT2D eigenvalue weighted by atomic mass is 16.2. The number of carbonyl (C=O) groups excluding carboxylic acids is 1. The first-order valence-electron chi connectivity index (χ1n) is 9.38. The number of carbonyl (C=O) groups is 1. The van der Waals surface area contributed by atoms with Crippen LogP contribution in [-0.2, 0) is 0 Å². The standard InChI is InChI=1S/C21H25N5O/c1-14-6-5-7-18(10-14)25-9-8-24(13-17(25)4)21(27)19-12-22-26-16(3)11-15(2)23-20(19)26/h5-7,10-12,17H,8-9,13H2,1-4H3. The van der Waals surface area contributed by atoms with E-state index < -0.39 is 0 Å². The van der Waals surface area contributed by atoms with Crippen molar-refractivity contribution in [2.45, 2.75) is 33.7 Å². The number of anilines is 1. The molecule has 0 spiro atoms. The summed E-state index contributed by atoms with van der Waals surface area (Å²) >= 11 is 0. The normalized spacial score (nSPS) is 17.6. The van der Waals surface area contributed by atoms with Gasteiger partial charge in [-0.2, -0.15) is 5.10 Å². The summed E-state index contributed by atoms with van der Waals surface area (Å²) in [6.07, 6.45) is 1.65. The lowest BCUT2D eigenvalue weighted by Gasteiger charge is -2.41. The number of benzene rings is 1. The molecule has 2 aromatic heterocycles. The number of rotatable bonds is 2. The smallest absolute Gasteiger partial charge is 0.259 e. The zero-order valence-corrected chi connectivity index (χ0v) is 16.3. The Morgan fingerprint density at radius 3 is 2.70 bits per heavy atom. The maximum atomic E-state index is 13.2. The number of piperazine rings is 1. The Morgan fingerprint density at radius 2 is 1.96 bits per heavy atom. The molecule has 0 bridgehead atoms. The molecule has 3 aromatic rings. The second kappa shape index (κ2) is 6.68. The minimum absolute atomic E-state index is 0.0123. The molecule has 1 aliphatic heterocycles. The van der Waals surface area contributed by atoms with Crippen LogP contribution in [0.2, 0.25) is 0 Å². The Labute approximate surface area is 159 Å². The number of fused-ring (bicyclic) bond motifs is 1. The van der Waals surface area contributed by atoms with Gasteiger partial charge in [0.15, 0.2) is 5.65 Å². The molecule has 0 saturated carbocycles. The van der Waals surface area contributed by atoms with E-state index in [0.717, 1.165) is 17.9 Å². The third kappa shape index (κ3) is 3.16. The van der Waals surface area contributed by atoms with Crippen LogP contribution in [0.1, 0.15) is 34.2 Å². The van der Waals surface area contributed by atoms with Gasteiger partial charge in [-0.3, -0.25) is 4.79 Å². The van der Waals surface area contributed by atoms with Gasteiger partial charge in [-0.25, -0.2) is 9.50 Å². The number of amides is 1. The first-order chi connectivity index (χ1) is 12.9. The average molecular weight is 363 g/mol. The van der Waals surface area contributed by atoms with Gasteiger partial charge in [0, 0.05) is 42.8 Å². The highest BCUT2D eigenvalue weighted by Gasteiger charge is 2.29. The summed E-state index contributed by atoms with van der Waals surface area (Å²) in [5.41, 5.74) is 5.57. The largest absolute Gasteiger partial charge is 0.365 e. The second-order valence-corrected chi connectivity index (χ2v) is 7.47. The predicted octanol–water partition coefficient (Wildman–Crippen LogP) is 3.01. The third-order valence-corrected chi connectivity index (χ3v) is 5.26. The van der Waals surface area contributed by atoms with Crippen LogP contribution in [0.25, 0.3) is 5.65 Å². The van der Waals surface area contributed by atoms with Crippen molar-refractivity contribution in [2.75, 3.05) is 24.5 Å². The Balaban J connectivity index is 1.57. The molecule has 0 aliphatic carbocycles. The number of nitrogens with zero attached hydrogens (tertiary/aromatic N) is 5. The lowest BCUT2D eigenvalue weighted by atomic mass is 10.1. The number of aryl methyl sites for hydroxylation is 3. The van der Waals surface area contributed by atoms with Crippen LogP contribution >= 0.6 is 0 Å². The van der Waals surface area contributed by atoms with Gasteiger partial charge in [-0.05, 0) is 51.5 Å². The van der Waals surface area contributed by atoms with E-state index in [2.05, 4.69) is 53.1 Å². The summed E-state index contributed by atoms with van der Waals surface area (Å²) < 4.78 is 1.74. The van der Waals surface area contributed by atoms with Gasteiger partial charge in [0.25, 0.3) is 5.91 Å². The van der Waals surface area contributed by atoms with Crippen molar-refractivity contribution >= 4 is 17.2 Å². The summed E-state index contributed by atoms with van der Waals surface area (Å²) in [6, 6.07) is 10.8. The maximum absolute atomic E-state index is 13.2. The first-order valence-corrected chi connectivity index (χ1v) is 9.38. The van der Waals surface area contributed by atoms with E-state index in [1.807, 2.05) is 24.8 Å². The molecule has 0 N–H and O–H groups in total. The van der Waals surface area contributed by atoms with Gasteiger partial charge in [0.1, 0.15) is 5.56 Å². The fourth-order valence-corrected chi connectivity index (χ4v) is 3.92. The topological polar surface area (TPSA) is 53.7 Å². The second-order valence-electron chi connectivity index (χ2n) is 7.47. The van der Waals surface area contributed by atoms with E-state index in [4.69, 9.17) is 0 Å². The summed E-state index contributed by atoms with van der Waals surface area (Å²) in [4.78, 5) is 22.0. The van der Waals surface area contributed by atoms with E-state index in [-0.39, 0.29) is 11.9 Å². The van der Waals surface area contributed by atoms with E-state index in [1.54, 1.807) is 10.7 Å². The van der Waals surface area contributed by atoms with Crippen molar-refractivity contribution in [1.29, 1.82) is 0 Å². The fraction of sp³-hybridized carbons (Fsp3) is 0.381. The van der Waals surface area contributed by atoms with Crippen LogP contribution in [0.15, 0.2) is 36.5 Å². The van der Waals surface area contributed by atoms with Crippen molar-refractivity contribution in [2.24, 2.45) is 0 Å². The molecule has 0 radical (unpaired) electrons. The molecule has 1 atom stereocenters. The Kier molecular flexibility index (Phi) is 4.34. The Morgan fingerprint density at radius 1 is 1.15 bits per heavy atom. The van der Waals surface area contributed by atoms with Crippen LogP contribution in [0.5, 0.6) is 0 Å². The van der Waals surface area contributed by atoms with Crippen LogP contribution in [0, 0.1) is 20.8 Å². The summed E-state index contributed by atoms with van der Waals surface area (Å²) in [7, 11) is 0. The molecule has 6 nitrogen and oxygen atoms in total. The van der Waals surface area contributed by atoms with Crippen molar-refractivity contribution in [1.82, 2.24) is 19.5 Å². The molecule has 3 heterocycles. The molecule has 140 valence electrons. The lowest BCUT2D eigenvalue weighted by molar-refractivity contribution is 0.0728. The monoisotopic (exact) mass is 363 g/mol. The zero-order chi connectivity index (χ0) is 19.1. The summed E-state index contributed by atoms with van der Waals surface area (Å²) in [5.74, 6) is 0.0123. The van der Waals surface area contributed by atoms with Gasteiger partial charge in [0.2, 0.25) is 0 Å². The minimum atomic E-state index is 0.0123.